The molecule has 1 rings (SSSR count). The molecule has 0 bridgehead atoms. The molecule has 0 aliphatic heterocycles. The zero-order valence-electron chi connectivity index (χ0n) is 8.30. The van der Waals surface area contributed by atoms with Crippen LogP contribution in [0, 0.1) is 0 Å². The third kappa shape index (κ3) is 2.88. The zero-order valence-corrected chi connectivity index (χ0v) is 8.30. The van der Waals surface area contributed by atoms with Crippen molar-refractivity contribution in [2.24, 2.45) is 0 Å². The van der Waals surface area contributed by atoms with Crippen molar-refractivity contribution in [1.82, 2.24) is 10.6 Å². The number of alkyl carbamates (subject to hydrolysis) is 1. The van der Waals surface area contributed by atoms with Gasteiger partial charge in [0.25, 0.3) is 0 Å². The molecule has 1 saturated carbocycles. The molecule has 0 aromatic carbocycles. The monoisotopic (exact) mass is 186 g/mol. The smallest absolute Gasteiger partial charge is 0.407 e. The van der Waals surface area contributed by atoms with Gasteiger partial charge in [-0.2, -0.15) is 0 Å². The van der Waals surface area contributed by atoms with Crippen LogP contribution in [-0.4, -0.2) is 32.3 Å². The highest BCUT2D eigenvalue weighted by Gasteiger charge is 2.26. The first-order chi connectivity index (χ1) is 6.27. The van der Waals surface area contributed by atoms with Crippen LogP contribution in [0.2, 0.25) is 0 Å². The summed E-state index contributed by atoms with van der Waals surface area (Å²) in [6, 6.07) is 0.325. The Hall–Kier alpha value is -0.770. The third-order valence-electron chi connectivity index (χ3n) is 2.54. The zero-order chi connectivity index (χ0) is 9.68. The normalized spacial score (nSPS) is 28.2. The number of carbonyl (C=O) groups excluding carboxylic acids is 1. The van der Waals surface area contributed by atoms with Crippen LogP contribution in [0.4, 0.5) is 4.79 Å². The molecule has 1 amide bonds. The van der Waals surface area contributed by atoms with E-state index in [1.807, 2.05) is 7.05 Å². The van der Waals surface area contributed by atoms with Crippen molar-refractivity contribution in [2.75, 3.05) is 14.1 Å². The van der Waals surface area contributed by atoms with E-state index in [0.717, 1.165) is 19.3 Å². The summed E-state index contributed by atoms with van der Waals surface area (Å²) in [5.41, 5.74) is 0. The number of amides is 1. The van der Waals surface area contributed by atoms with Gasteiger partial charge >= 0.3 is 6.09 Å². The number of rotatable bonds is 2. The number of hydrogen-bond donors (Lipinski definition) is 2. The fourth-order valence-corrected chi connectivity index (χ4v) is 1.76. The lowest BCUT2D eigenvalue weighted by molar-refractivity contribution is 0.0559. The first-order valence-corrected chi connectivity index (χ1v) is 4.83. The number of carbonyl (C=O) groups is 1. The maximum atomic E-state index is 11.0. The first kappa shape index (κ1) is 10.3. The van der Waals surface area contributed by atoms with E-state index in [2.05, 4.69) is 10.6 Å². The second kappa shape index (κ2) is 5.07. The van der Waals surface area contributed by atoms with Crippen molar-refractivity contribution < 1.29 is 9.53 Å². The molecule has 2 atom stereocenters. The Morgan fingerprint density at radius 2 is 2.00 bits per heavy atom. The van der Waals surface area contributed by atoms with Crippen molar-refractivity contribution in [1.29, 1.82) is 0 Å². The Labute approximate surface area is 79.0 Å². The van der Waals surface area contributed by atoms with Gasteiger partial charge in [0, 0.05) is 13.1 Å². The Balaban J connectivity index is 2.40. The second-order valence-corrected chi connectivity index (χ2v) is 3.37. The summed E-state index contributed by atoms with van der Waals surface area (Å²) >= 11 is 0. The Morgan fingerprint density at radius 3 is 2.62 bits per heavy atom. The molecule has 0 heterocycles. The predicted molar refractivity (Wildman–Crippen MR) is 50.6 cm³/mol. The Morgan fingerprint density at radius 1 is 1.31 bits per heavy atom. The molecule has 2 unspecified atom stereocenters. The predicted octanol–water partition coefficient (Wildman–Crippen LogP) is 0.873. The van der Waals surface area contributed by atoms with Gasteiger partial charge in [0.2, 0.25) is 0 Å². The van der Waals surface area contributed by atoms with E-state index in [0.29, 0.717) is 6.04 Å². The van der Waals surface area contributed by atoms with Gasteiger partial charge in [-0.3, -0.25) is 0 Å². The molecule has 1 aliphatic rings. The van der Waals surface area contributed by atoms with Gasteiger partial charge in [-0.1, -0.05) is 6.42 Å². The molecule has 0 aromatic heterocycles. The summed E-state index contributed by atoms with van der Waals surface area (Å²) in [7, 11) is 3.50. The SMILES string of the molecule is CNC(=O)OC1CCCCC1NC. The van der Waals surface area contributed by atoms with E-state index in [1.54, 1.807) is 7.05 Å². The van der Waals surface area contributed by atoms with Gasteiger partial charge in [0.15, 0.2) is 0 Å². The van der Waals surface area contributed by atoms with Crippen LogP contribution < -0.4 is 10.6 Å². The molecule has 0 spiro atoms. The molecule has 0 aromatic rings. The van der Waals surface area contributed by atoms with Gasteiger partial charge < -0.3 is 15.4 Å². The fraction of sp³-hybridized carbons (Fsp3) is 0.889. The van der Waals surface area contributed by atoms with Crippen LogP contribution in [0.1, 0.15) is 25.7 Å². The molecule has 2 N–H and O–H groups in total. The Kier molecular flexibility index (Phi) is 4.02. The summed E-state index contributed by atoms with van der Waals surface area (Å²) in [5.74, 6) is 0. The van der Waals surface area contributed by atoms with E-state index < -0.39 is 0 Å². The van der Waals surface area contributed by atoms with Gasteiger partial charge in [-0.05, 0) is 26.3 Å². The van der Waals surface area contributed by atoms with Crippen molar-refractivity contribution in [3.05, 3.63) is 0 Å². The van der Waals surface area contributed by atoms with Gasteiger partial charge in [-0.15, -0.1) is 0 Å². The number of hydrogen-bond acceptors (Lipinski definition) is 3. The summed E-state index contributed by atoms with van der Waals surface area (Å²) in [6.45, 7) is 0. The van der Waals surface area contributed by atoms with Crippen molar-refractivity contribution in [3.63, 3.8) is 0 Å². The van der Waals surface area contributed by atoms with Crippen molar-refractivity contribution >= 4 is 6.09 Å². The first-order valence-electron chi connectivity index (χ1n) is 4.83. The Bertz CT molecular complexity index is 173. The highest BCUT2D eigenvalue weighted by atomic mass is 16.6. The van der Waals surface area contributed by atoms with Crippen LogP contribution in [0.5, 0.6) is 0 Å². The molecule has 4 heteroatoms. The van der Waals surface area contributed by atoms with E-state index in [9.17, 15) is 4.79 Å². The van der Waals surface area contributed by atoms with Crippen LogP contribution in [0.3, 0.4) is 0 Å². The van der Waals surface area contributed by atoms with E-state index in [1.165, 1.54) is 6.42 Å². The topological polar surface area (TPSA) is 50.4 Å². The van der Waals surface area contributed by atoms with Crippen LogP contribution in [0.25, 0.3) is 0 Å². The maximum absolute atomic E-state index is 11.0. The largest absolute Gasteiger partial charge is 0.445 e. The number of likely N-dealkylation sites (N-methyl/N-ethyl adjacent to an activating group) is 1. The van der Waals surface area contributed by atoms with Gasteiger partial charge in [0.05, 0.1) is 0 Å². The van der Waals surface area contributed by atoms with Crippen LogP contribution >= 0.6 is 0 Å². The average molecular weight is 186 g/mol. The molecule has 1 fully saturated rings. The minimum atomic E-state index is -0.327. The molecule has 0 saturated heterocycles. The highest BCUT2D eigenvalue weighted by molar-refractivity contribution is 5.66. The summed E-state index contributed by atoms with van der Waals surface area (Å²) in [5, 5.41) is 5.65. The third-order valence-corrected chi connectivity index (χ3v) is 2.54. The molecule has 0 radical (unpaired) electrons. The lowest BCUT2D eigenvalue weighted by Crippen LogP contribution is -2.44. The minimum absolute atomic E-state index is 0.0405. The summed E-state index contributed by atoms with van der Waals surface area (Å²) in [6.07, 6.45) is 4.15. The average Bonchev–Trinajstić information content (AvgIpc) is 2.18. The summed E-state index contributed by atoms with van der Waals surface area (Å²) in [4.78, 5) is 11.0. The van der Waals surface area contributed by atoms with Crippen molar-refractivity contribution in [2.45, 2.75) is 37.8 Å². The highest BCUT2D eigenvalue weighted by Crippen LogP contribution is 2.20. The lowest BCUT2D eigenvalue weighted by Gasteiger charge is -2.30. The van der Waals surface area contributed by atoms with Crippen LogP contribution in [-0.2, 0) is 4.74 Å². The van der Waals surface area contributed by atoms with E-state index in [4.69, 9.17) is 4.74 Å². The van der Waals surface area contributed by atoms with E-state index >= 15 is 0 Å². The molecule has 1 aliphatic carbocycles. The van der Waals surface area contributed by atoms with E-state index in [-0.39, 0.29) is 12.2 Å². The van der Waals surface area contributed by atoms with Gasteiger partial charge in [0.1, 0.15) is 6.10 Å². The molecule has 76 valence electrons. The molecular formula is C9H18N2O2. The molecular weight excluding hydrogens is 168 g/mol. The molecule has 13 heavy (non-hydrogen) atoms. The quantitative estimate of drug-likeness (QED) is 0.673. The maximum Gasteiger partial charge on any atom is 0.407 e. The fourth-order valence-electron chi connectivity index (χ4n) is 1.76. The number of ether oxygens (including phenoxy) is 1. The van der Waals surface area contributed by atoms with Crippen LogP contribution in [0.15, 0.2) is 0 Å². The standard InChI is InChI=1S/C9H18N2O2/c1-10-7-5-3-4-6-8(7)13-9(12)11-2/h7-8,10H,3-6H2,1-2H3,(H,11,12). The van der Waals surface area contributed by atoms with Gasteiger partial charge in [-0.25, -0.2) is 4.79 Å². The van der Waals surface area contributed by atoms with Crippen molar-refractivity contribution in [3.8, 4) is 0 Å². The minimum Gasteiger partial charge on any atom is -0.445 e. The molecule has 4 nitrogen and oxygen atoms in total. The second-order valence-electron chi connectivity index (χ2n) is 3.37. The number of nitrogens with one attached hydrogen (secondary N) is 2. The lowest BCUT2D eigenvalue weighted by atomic mass is 9.92. The summed E-state index contributed by atoms with van der Waals surface area (Å²) < 4.78 is 5.23.